The molecule has 0 saturated heterocycles. The smallest absolute Gasteiger partial charge is 0.0518 e. The van der Waals surface area contributed by atoms with Gasteiger partial charge in [0.2, 0.25) is 0 Å². The van der Waals surface area contributed by atoms with Gasteiger partial charge in [-0.15, -0.1) is 0 Å². The monoisotopic (exact) mass is 607 g/mol. The third-order valence-corrected chi connectivity index (χ3v) is 12.1. The summed E-state index contributed by atoms with van der Waals surface area (Å²) in [4.78, 5) is 2.69. The molecule has 3 unspecified atom stereocenters. The fourth-order valence-electron chi connectivity index (χ4n) is 9.54. The number of nitrogens with zero attached hydrogens (tertiary/aromatic N) is 1. The molecule has 3 atom stereocenters. The van der Waals surface area contributed by atoms with Crippen LogP contribution < -0.4 is 4.90 Å². The van der Waals surface area contributed by atoms with Crippen LogP contribution in [0, 0.1) is 5.92 Å². The number of rotatable bonds is 4. The van der Waals surface area contributed by atoms with E-state index in [1.165, 1.54) is 97.2 Å². The predicted octanol–water partition coefficient (Wildman–Crippen LogP) is 12.9. The van der Waals surface area contributed by atoms with Crippen LogP contribution >= 0.6 is 0 Å². The van der Waals surface area contributed by atoms with Crippen LogP contribution in [0.2, 0.25) is 0 Å². The minimum Gasteiger partial charge on any atom is -0.334 e. The zero-order valence-electron chi connectivity index (χ0n) is 27.6. The second-order valence-corrected chi connectivity index (χ2v) is 14.4. The average molecular weight is 608 g/mol. The van der Waals surface area contributed by atoms with Crippen LogP contribution in [0.3, 0.4) is 0 Å². The molecule has 0 radical (unpaired) electrons. The first-order valence-corrected chi connectivity index (χ1v) is 17.4. The zero-order valence-corrected chi connectivity index (χ0v) is 27.6. The molecular weight excluding hydrogens is 567 g/mol. The largest absolute Gasteiger partial charge is 0.334 e. The topological polar surface area (TPSA) is 3.24 Å². The van der Waals surface area contributed by atoms with Crippen LogP contribution in [0.5, 0.6) is 0 Å². The molecule has 7 aromatic carbocycles. The number of anilines is 2. The highest BCUT2D eigenvalue weighted by Gasteiger charge is 2.59. The van der Waals surface area contributed by atoms with Gasteiger partial charge in [0.25, 0.3) is 0 Å². The molecular formula is C46H41N. The third-order valence-electron chi connectivity index (χ3n) is 12.1. The Labute approximate surface area is 278 Å². The number of para-hydroxylation sites is 1. The molecule has 1 aliphatic heterocycles. The zero-order chi connectivity index (χ0) is 31.8. The second kappa shape index (κ2) is 10.6. The Morgan fingerprint density at radius 2 is 1.21 bits per heavy atom. The maximum Gasteiger partial charge on any atom is 0.0518 e. The average Bonchev–Trinajstić information content (AvgIpc) is 3.32. The van der Waals surface area contributed by atoms with Crippen LogP contribution in [0.15, 0.2) is 140 Å². The van der Waals surface area contributed by atoms with Crippen LogP contribution in [0.25, 0.3) is 54.6 Å². The van der Waals surface area contributed by atoms with Gasteiger partial charge in [-0.1, -0.05) is 136 Å². The molecule has 1 heterocycles. The Morgan fingerprint density at radius 1 is 0.617 bits per heavy atom. The van der Waals surface area contributed by atoms with E-state index in [2.05, 4.69) is 165 Å². The van der Waals surface area contributed by atoms with Gasteiger partial charge in [0.05, 0.1) is 5.54 Å². The summed E-state index contributed by atoms with van der Waals surface area (Å²) in [6, 6.07) is 52.3. The van der Waals surface area contributed by atoms with Crippen molar-refractivity contribution < 1.29 is 0 Å². The lowest BCUT2D eigenvalue weighted by atomic mass is 9.58. The van der Waals surface area contributed by atoms with Gasteiger partial charge in [0.15, 0.2) is 0 Å². The van der Waals surface area contributed by atoms with Crippen molar-refractivity contribution in [2.24, 2.45) is 5.92 Å². The van der Waals surface area contributed by atoms with E-state index in [1.807, 2.05) is 0 Å². The van der Waals surface area contributed by atoms with E-state index in [-0.39, 0.29) is 11.0 Å². The van der Waals surface area contributed by atoms with Crippen molar-refractivity contribution in [3.05, 3.63) is 145 Å². The third kappa shape index (κ3) is 4.02. The van der Waals surface area contributed by atoms with Crippen LogP contribution in [-0.2, 0) is 5.41 Å². The van der Waals surface area contributed by atoms with Gasteiger partial charge in [0.1, 0.15) is 0 Å². The standard InChI is InChI=1S/C46H41N/c1-4-31-27-28-46(3)45(2,30-31)41-29-33(25-26-42(41)47(46)34-17-6-5-7-18-34)43-37-20-10-12-22-39(37)44(40-23-13-11-21-38(40)43)36-24-14-16-32-15-8-9-19-35(32)36/h5-26,29,31H,4,27-28,30H2,1-3H3. The minimum absolute atomic E-state index is 0.0172. The summed E-state index contributed by atoms with van der Waals surface area (Å²) in [5.74, 6) is 0.752. The first-order chi connectivity index (χ1) is 23.0. The molecule has 1 fully saturated rings. The van der Waals surface area contributed by atoms with E-state index in [0.717, 1.165) is 5.92 Å². The summed E-state index contributed by atoms with van der Waals surface area (Å²) in [6.07, 6.45) is 4.96. The molecule has 230 valence electrons. The first kappa shape index (κ1) is 28.4. The van der Waals surface area contributed by atoms with Crippen molar-refractivity contribution in [1.82, 2.24) is 0 Å². The van der Waals surface area contributed by atoms with Gasteiger partial charge in [-0.3, -0.25) is 0 Å². The lowest BCUT2D eigenvalue weighted by molar-refractivity contribution is 0.143. The van der Waals surface area contributed by atoms with Gasteiger partial charge < -0.3 is 4.90 Å². The minimum atomic E-state index is 0.0172. The molecule has 0 spiro atoms. The molecule has 0 N–H and O–H groups in total. The van der Waals surface area contributed by atoms with Crippen molar-refractivity contribution in [3.63, 3.8) is 0 Å². The van der Waals surface area contributed by atoms with E-state index >= 15 is 0 Å². The number of hydrogen-bond acceptors (Lipinski definition) is 1. The van der Waals surface area contributed by atoms with E-state index in [9.17, 15) is 0 Å². The molecule has 47 heavy (non-hydrogen) atoms. The molecule has 0 amide bonds. The highest BCUT2D eigenvalue weighted by molar-refractivity contribution is 6.23. The molecule has 0 aromatic heterocycles. The molecule has 9 rings (SSSR count). The number of hydrogen-bond donors (Lipinski definition) is 0. The van der Waals surface area contributed by atoms with E-state index < -0.39 is 0 Å². The van der Waals surface area contributed by atoms with Gasteiger partial charge in [0, 0.05) is 16.8 Å². The Balaban J connectivity index is 1.33. The molecule has 1 heteroatoms. The normalized spacial score (nSPS) is 22.1. The maximum absolute atomic E-state index is 2.69. The predicted molar refractivity (Wildman–Crippen MR) is 202 cm³/mol. The van der Waals surface area contributed by atoms with Crippen LogP contribution in [0.1, 0.15) is 52.0 Å². The summed E-state index contributed by atoms with van der Waals surface area (Å²) in [5.41, 5.74) is 9.53. The van der Waals surface area contributed by atoms with Crippen molar-refractivity contribution >= 4 is 43.7 Å². The molecule has 1 aliphatic carbocycles. The molecule has 1 nitrogen and oxygen atoms in total. The summed E-state index contributed by atoms with van der Waals surface area (Å²) < 4.78 is 0. The SMILES string of the molecule is CCC1CCC2(C)N(c3ccccc3)c3ccc(-c4c5ccccc5c(-c5cccc6ccccc56)c5ccccc45)cc3C2(C)C1. The molecule has 7 aromatic rings. The van der Waals surface area contributed by atoms with Crippen LogP contribution in [0.4, 0.5) is 11.4 Å². The van der Waals surface area contributed by atoms with Gasteiger partial charge in [-0.05, 0) is 117 Å². The van der Waals surface area contributed by atoms with Crippen molar-refractivity contribution in [2.45, 2.75) is 57.4 Å². The Morgan fingerprint density at radius 3 is 1.89 bits per heavy atom. The molecule has 0 bridgehead atoms. The Hall–Kier alpha value is -4.88. The number of benzene rings is 7. The lowest BCUT2D eigenvalue weighted by Crippen LogP contribution is -2.56. The maximum atomic E-state index is 2.69. The summed E-state index contributed by atoms with van der Waals surface area (Å²) >= 11 is 0. The Bertz CT molecular complexity index is 2250. The summed E-state index contributed by atoms with van der Waals surface area (Å²) in [5, 5.41) is 7.82. The Kier molecular flexibility index (Phi) is 6.38. The molecule has 1 saturated carbocycles. The van der Waals surface area contributed by atoms with Crippen molar-refractivity contribution in [2.75, 3.05) is 4.90 Å². The fraction of sp³-hybridized carbons (Fsp3) is 0.217. The van der Waals surface area contributed by atoms with Gasteiger partial charge >= 0.3 is 0 Å². The quantitative estimate of drug-likeness (QED) is 0.180. The van der Waals surface area contributed by atoms with E-state index in [0.29, 0.717) is 0 Å². The van der Waals surface area contributed by atoms with E-state index in [4.69, 9.17) is 0 Å². The van der Waals surface area contributed by atoms with Crippen molar-refractivity contribution in [3.8, 4) is 22.3 Å². The second-order valence-electron chi connectivity index (χ2n) is 14.4. The van der Waals surface area contributed by atoms with Crippen molar-refractivity contribution in [1.29, 1.82) is 0 Å². The lowest BCUT2D eigenvalue weighted by Gasteiger charge is -2.52. The summed E-state index contributed by atoms with van der Waals surface area (Å²) in [6.45, 7) is 7.49. The fourth-order valence-corrected chi connectivity index (χ4v) is 9.54. The highest BCUT2D eigenvalue weighted by atomic mass is 15.3. The molecule has 2 aliphatic rings. The first-order valence-electron chi connectivity index (χ1n) is 17.4. The number of fused-ring (bicyclic) bond motifs is 6. The highest BCUT2D eigenvalue weighted by Crippen LogP contribution is 2.62. The summed E-state index contributed by atoms with van der Waals surface area (Å²) in [7, 11) is 0. The van der Waals surface area contributed by atoms with E-state index in [1.54, 1.807) is 0 Å². The van der Waals surface area contributed by atoms with Gasteiger partial charge in [-0.25, -0.2) is 0 Å². The van der Waals surface area contributed by atoms with Crippen LogP contribution in [-0.4, -0.2) is 5.54 Å². The van der Waals surface area contributed by atoms with Gasteiger partial charge in [-0.2, -0.15) is 0 Å².